The minimum atomic E-state index is -3.68. The molecule has 16 heavy (non-hydrogen) atoms. The van der Waals surface area contributed by atoms with Crippen molar-refractivity contribution in [3.8, 4) is 0 Å². The van der Waals surface area contributed by atoms with Crippen LogP contribution in [0.3, 0.4) is 0 Å². The maximum absolute atomic E-state index is 13.0. The maximum atomic E-state index is 13.0. The number of halogens is 1. The third-order valence-electron chi connectivity index (χ3n) is 2.44. The summed E-state index contributed by atoms with van der Waals surface area (Å²) in [6, 6.07) is 3.46. The summed E-state index contributed by atoms with van der Waals surface area (Å²) >= 11 is 0. The molecule has 0 saturated heterocycles. The van der Waals surface area contributed by atoms with E-state index in [1.54, 1.807) is 0 Å². The highest BCUT2D eigenvalue weighted by atomic mass is 32.2. The highest BCUT2D eigenvalue weighted by Gasteiger charge is 2.38. The van der Waals surface area contributed by atoms with Gasteiger partial charge in [-0.1, -0.05) is 0 Å². The second kappa shape index (κ2) is 3.15. The standard InChI is InChI=1S/C11H11FO3S/c1-11(2,13)10-6-7-5-8(12)3-4-9(7)16(10,14)15/h3-6,13H,1-2H3. The zero-order valence-corrected chi connectivity index (χ0v) is 9.68. The van der Waals surface area contributed by atoms with Crippen LogP contribution >= 0.6 is 0 Å². The van der Waals surface area contributed by atoms with Crippen LogP contribution in [0, 0.1) is 5.82 Å². The van der Waals surface area contributed by atoms with Gasteiger partial charge in [0.1, 0.15) is 5.82 Å². The molecule has 2 rings (SSSR count). The maximum Gasteiger partial charge on any atom is 0.206 e. The van der Waals surface area contributed by atoms with Gasteiger partial charge in [0, 0.05) is 0 Å². The fourth-order valence-corrected chi connectivity index (χ4v) is 3.57. The molecule has 1 aromatic rings. The summed E-state index contributed by atoms with van der Waals surface area (Å²) in [4.78, 5) is -0.0494. The highest BCUT2D eigenvalue weighted by Crippen LogP contribution is 2.38. The first-order valence-electron chi connectivity index (χ1n) is 4.72. The number of benzene rings is 1. The van der Waals surface area contributed by atoms with Gasteiger partial charge >= 0.3 is 0 Å². The molecule has 0 bridgehead atoms. The lowest BCUT2D eigenvalue weighted by atomic mass is 10.1. The molecule has 3 nitrogen and oxygen atoms in total. The molecular weight excluding hydrogens is 231 g/mol. The number of hydrogen-bond donors (Lipinski definition) is 1. The van der Waals surface area contributed by atoms with Gasteiger partial charge in [0.25, 0.3) is 0 Å². The molecule has 5 heteroatoms. The number of aliphatic hydroxyl groups is 1. The quantitative estimate of drug-likeness (QED) is 0.763. The molecular formula is C11H11FO3S. The number of hydrogen-bond acceptors (Lipinski definition) is 3. The summed E-state index contributed by atoms with van der Waals surface area (Å²) < 4.78 is 36.9. The van der Waals surface area contributed by atoms with E-state index in [4.69, 9.17) is 0 Å². The van der Waals surface area contributed by atoms with Crippen molar-refractivity contribution in [2.75, 3.05) is 0 Å². The fraction of sp³-hybridized carbons (Fsp3) is 0.273. The van der Waals surface area contributed by atoms with Gasteiger partial charge in [-0.3, -0.25) is 0 Å². The minimum absolute atomic E-state index is 0.0472. The average molecular weight is 242 g/mol. The predicted molar refractivity (Wildman–Crippen MR) is 57.9 cm³/mol. The van der Waals surface area contributed by atoms with E-state index in [0.717, 1.165) is 12.1 Å². The van der Waals surface area contributed by atoms with Crippen molar-refractivity contribution in [1.82, 2.24) is 0 Å². The zero-order chi connectivity index (χ0) is 12.1. The fourth-order valence-electron chi connectivity index (χ4n) is 1.72. The Bertz CT molecular complexity index is 580. The van der Waals surface area contributed by atoms with E-state index in [1.807, 2.05) is 0 Å². The Morgan fingerprint density at radius 3 is 2.50 bits per heavy atom. The third-order valence-corrected chi connectivity index (χ3v) is 4.59. The lowest BCUT2D eigenvalue weighted by Crippen LogP contribution is -2.25. The van der Waals surface area contributed by atoms with Gasteiger partial charge in [-0.15, -0.1) is 0 Å². The second-order valence-electron chi connectivity index (χ2n) is 4.25. The van der Waals surface area contributed by atoms with E-state index in [9.17, 15) is 17.9 Å². The zero-order valence-electron chi connectivity index (χ0n) is 8.86. The Balaban J connectivity index is 2.71. The van der Waals surface area contributed by atoms with Crippen molar-refractivity contribution >= 4 is 15.9 Å². The largest absolute Gasteiger partial charge is 0.385 e. The second-order valence-corrected chi connectivity index (χ2v) is 6.14. The first-order chi connectivity index (χ1) is 7.23. The summed E-state index contributed by atoms with van der Waals surface area (Å²) in [6.07, 6.45) is 1.31. The first-order valence-corrected chi connectivity index (χ1v) is 6.20. The molecule has 0 spiro atoms. The molecule has 0 unspecified atom stereocenters. The molecule has 0 aliphatic carbocycles. The van der Waals surface area contributed by atoms with Crippen molar-refractivity contribution in [2.45, 2.75) is 24.3 Å². The SMILES string of the molecule is CC(C)(O)C1=Cc2cc(F)ccc2S1(=O)=O. The van der Waals surface area contributed by atoms with Crippen molar-refractivity contribution in [3.63, 3.8) is 0 Å². The van der Waals surface area contributed by atoms with E-state index in [0.29, 0.717) is 0 Å². The Morgan fingerprint density at radius 2 is 1.94 bits per heavy atom. The lowest BCUT2D eigenvalue weighted by molar-refractivity contribution is 0.129. The van der Waals surface area contributed by atoms with Gasteiger partial charge in [-0.05, 0) is 43.7 Å². The molecule has 0 aromatic heterocycles. The topological polar surface area (TPSA) is 54.4 Å². The van der Waals surface area contributed by atoms with Crippen molar-refractivity contribution in [2.24, 2.45) is 0 Å². The molecule has 1 aliphatic rings. The van der Waals surface area contributed by atoms with Crippen LogP contribution in [-0.2, 0) is 9.84 Å². The normalized spacial score (nSPS) is 18.1. The van der Waals surface area contributed by atoms with Crippen molar-refractivity contribution < 1.29 is 17.9 Å². The van der Waals surface area contributed by atoms with Crippen molar-refractivity contribution in [3.05, 3.63) is 34.5 Å². The van der Waals surface area contributed by atoms with E-state index >= 15 is 0 Å². The van der Waals surface area contributed by atoms with Crippen LogP contribution in [0.1, 0.15) is 19.4 Å². The summed E-state index contributed by atoms with van der Waals surface area (Å²) in [7, 11) is -3.68. The third kappa shape index (κ3) is 1.56. The molecule has 1 aromatic carbocycles. The van der Waals surface area contributed by atoms with E-state index in [1.165, 1.54) is 26.0 Å². The summed E-state index contributed by atoms with van der Waals surface area (Å²) in [5.41, 5.74) is -1.17. The molecule has 86 valence electrons. The van der Waals surface area contributed by atoms with Gasteiger partial charge < -0.3 is 5.11 Å². The Morgan fingerprint density at radius 1 is 1.31 bits per heavy atom. The predicted octanol–water partition coefficient (Wildman–Crippen LogP) is 1.72. The van der Waals surface area contributed by atoms with Crippen LogP contribution in [0.5, 0.6) is 0 Å². The van der Waals surface area contributed by atoms with Gasteiger partial charge in [0.05, 0.1) is 15.4 Å². The Kier molecular flexibility index (Phi) is 2.22. The molecule has 0 radical (unpaired) electrons. The molecule has 1 N–H and O–H groups in total. The average Bonchev–Trinajstić information content (AvgIpc) is 2.36. The number of sulfone groups is 1. The van der Waals surface area contributed by atoms with Crippen molar-refractivity contribution in [1.29, 1.82) is 0 Å². The first kappa shape index (κ1) is 11.3. The summed E-state index contributed by atoms with van der Waals surface area (Å²) in [6.45, 7) is 2.78. The Labute approximate surface area is 93.1 Å². The molecule has 0 atom stereocenters. The Hall–Kier alpha value is -1.20. The molecule has 0 fully saturated rings. The van der Waals surface area contributed by atoms with E-state index < -0.39 is 21.3 Å². The van der Waals surface area contributed by atoms with Gasteiger partial charge in [0.15, 0.2) is 0 Å². The molecule has 1 heterocycles. The molecule has 0 saturated carbocycles. The lowest BCUT2D eigenvalue weighted by Gasteiger charge is -2.18. The van der Waals surface area contributed by atoms with Crippen LogP contribution in [0.15, 0.2) is 28.0 Å². The van der Waals surface area contributed by atoms with Gasteiger partial charge in [-0.25, -0.2) is 12.8 Å². The minimum Gasteiger partial charge on any atom is -0.385 e. The molecule has 1 aliphatic heterocycles. The van der Waals surface area contributed by atoms with E-state index in [2.05, 4.69) is 0 Å². The smallest absolute Gasteiger partial charge is 0.206 e. The highest BCUT2D eigenvalue weighted by molar-refractivity contribution is 7.96. The van der Waals surface area contributed by atoms with Gasteiger partial charge in [-0.2, -0.15) is 0 Å². The summed E-state index contributed by atoms with van der Waals surface area (Å²) in [5.74, 6) is -0.498. The van der Waals surface area contributed by atoms with Crippen LogP contribution < -0.4 is 0 Å². The van der Waals surface area contributed by atoms with E-state index in [-0.39, 0.29) is 15.4 Å². The van der Waals surface area contributed by atoms with Gasteiger partial charge in [0.2, 0.25) is 9.84 Å². The number of rotatable bonds is 1. The summed E-state index contributed by atoms with van der Waals surface area (Å²) in [5, 5.41) is 9.75. The van der Waals surface area contributed by atoms with Crippen LogP contribution in [0.2, 0.25) is 0 Å². The van der Waals surface area contributed by atoms with Crippen LogP contribution in [0.4, 0.5) is 4.39 Å². The van der Waals surface area contributed by atoms with Crippen LogP contribution in [0.25, 0.3) is 6.08 Å². The van der Waals surface area contributed by atoms with Crippen LogP contribution in [-0.4, -0.2) is 19.1 Å². The monoisotopic (exact) mass is 242 g/mol. The number of fused-ring (bicyclic) bond motifs is 1. The molecule has 0 amide bonds.